The lowest BCUT2D eigenvalue weighted by molar-refractivity contribution is -0.127. The van der Waals surface area contributed by atoms with E-state index in [-0.39, 0.29) is 19.1 Å². The van der Waals surface area contributed by atoms with E-state index in [0.717, 1.165) is 10.9 Å². The van der Waals surface area contributed by atoms with E-state index in [0.29, 0.717) is 11.3 Å². The monoisotopic (exact) mass is 315 g/mol. The van der Waals surface area contributed by atoms with Gasteiger partial charge in [-0.05, 0) is 13.0 Å². The van der Waals surface area contributed by atoms with Crippen molar-refractivity contribution in [3.8, 4) is 0 Å². The molecule has 0 radical (unpaired) electrons. The summed E-state index contributed by atoms with van der Waals surface area (Å²) in [5.41, 5.74) is 1.78. The molecule has 6 nitrogen and oxygen atoms in total. The highest BCUT2D eigenvalue weighted by molar-refractivity contribution is 6.05. The van der Waals surface area contributed by atoms with Crippen LogP contribution in [0, 0.1) is 0 Å². The Morgan fingerprint density at radius 2 is 1.87 bits per heavy atom. The fourth-order valence-electron chi connectivity index (χ4n) is 2.32. The van der Waals surface area contributed by atoms with Crippen LogP contribution in [0.5, 0.6) is 0 Å². The Morgan fingerprint density at radius 3 is 2.52 bits per heavy atom. The van der Waals surface area contributed by atoms with Gasteiger partial charge in [-0.3, -0.25) is 9.78 Å². The van der Waals surface area contributed by atoms with Crippen LogP contribution < -0.4 is 4.90 Å². The molecule has 0 N–H and O–H groups in total. The zero-order valence-corrected chi connectivity index (χ0v) is 13.9. The van der Waals surface area contributed by atoms with Crippen molar-refractivity contribution in [2.24, 2.45) is 0 Å². The van der Waals surface area contributed by atoms with Crippen LogP contribution in [-0.2, 0) is 9.53 Å². The normalized spacial score (nSPS) is 10.4. The fourth-order valence-corrected chi connectivity index (χ4v) is 2.32. The van der Waals surface area contributed by atoms with Gasteiger partial charge in [-0.1, -0.05) is 18.2 Å². The van der Waals surface area contributed by atoms with Crippen LogP contribution in [0.1, 0.15) is 17.3 Å². The molecular weight excluding hydrogens is 294 g/mol. The van der Waals surface area contributed by atoms with Gasteiger partial charge in [0.2, 0.25) is 5.91 Å². The van der Waals surface area contributed by atoms with Gasteiger partial charge < -0.3 is 14.5 Å². The summed E-state index contributed by atoms with van der Waals surface area (Å²) in [6.07, 6.45) is 1.51. The highest BCUT2D eigenvalue weighted by Gasteiger charge is 2.21. The number of esters is 1. The van der Waals surface area contributed by atoms with Gasteiger partial charge in [0, 0.05) is 32.7 Å². The average Bonchev–Trinajstić information content (AvgIpc) is 2.53. The fraction of sp³-hybridized carbons (Fsp3) is 0.353. The van der Waals surface area contributed by atoms with E-state index in [9.17, 15) is 9.59 Å². The van der Waals surface area contributed by atoms with Crippen molar-refractivity contribution >= 4 is 28.5 Å². The highest BCUT2D eigenvalue weighted by Crippen LogP contribution is 2.29. The number of carbonyl (C=O) groups is 2. The molecule has 23 heavy (non-hydrogen) atoms. The largest absolute Gasteiger partial charge is 0.462 e. The molecule has 1 amide bonds. The van der Waals surface area contributed by atoms with E-state index in [1.807, 2.05) is 24.3 Å². The maximum Gasteiger partial charge on any atom is 0.341 e. The second-order valence-corrected chi connectivity index (χ2v) is 5.40. The molecule has 1 aromatic carbocycles. The van der Waals surface area contributed by atoms with Gasteiger partial charge in [0.15, 0.2) is 0 Å². The summed E-state index contributed by atoms with van der Waals surface area (Å²) >= 11 is 0. The molecule has 2 rings (SSSR count). The number of likely N-dealkylation sites (N-methyl/N-ethyl adjacent to an activating group) is 2. The zero-order chi connectivity index (χ0) is 17.0. The van der Waals surface area contributed by atoms with Gasteiger partial charge in [0.25, 0.3) is 0 Å². The number of fused-ring (bicyclic) bond motifs is 1. The molecule has 0 bridgehead atoms. The van der Waals surface area contributed by atoms with Crippen LogP contribution in [0.25, 0.3) is 10.9 Å². The molecule has 1 aromatic heterocycles. The van der Waals surface area contributed by atoms with Crippen molar-refractivity contribution in [3.63, 3.8) is 0 Å². The molecule has 0 atom stereocenters. The number of pyridine rings is 1. The van der Waals surface area contributed by atoms with Crippen molar-refractivity contribution in [2.75, 3.05) is 39.2 Å². The van der Waals surface area contributed by atoms with Crippen molar-refractivity contribution in [1.82, 2.24) is 9.88 Å². The molecule has 0 spiro atoms. The minimum atomic E-state index is -0.440. The lowest BCUT2D eigenvalue weighted by Crippen LogP contribution is -2.35. The zero-order valence-electron chi connectivity index (χ0n) is 13.9. The van der Waals surface area contributed by atoms with Crippen LogP contribution in [0.4, 0.5) is 5.69 Å². The summed E-state index contributed by atoms with van der Waals surface area (Å²) in [5, 5.41) is 0.812. The first-order valence-electron chi connectivity index (χ1n) is 7.41. The summed E-state index contributed by atoms with van der Waals surface area (Å²) in [5.74, 6) is -0.492. The summed E-state index contributed by atoms with van der Waals surface area (Å²) in [4.78, 5) is 31.9. The van der Waals surface area contributed by atoms with Gasteiger partial charge in [-0.15, -0.1) is 0 Å². The topological polar surface area (TPSA) is 62.7 Å². The predicted octanol–water partition coefficient (Wildman–Crippen LogP) is 1.94. The minimum Gasteiger partial charge on any atom is -0.462 e. The van der Waals surface area contributed by atoms with Crippen molar-refractivity contribution in [1.29, 1.82) is 0 Å². The lowest BCUT2D eigenvalue weighted by Gasteiger charge is -2.24. The average molecular weight is 315 g/mol. The number of aromatic nitrogens is 1. The highest BCUT2D eigenvalue weighted by atomic mass is 16.5. The van der Waals surface area contributed by atoms with E-state index in [2.05, 4.69) is 4.98 Å². The molecule has 0 unspecified atom stereocenters. The first kappa shape index (κ1) is 16.7. The second-order valence-electron chi connectivity index (χ2n) is 5.40. The van der Waals surface area contributed by atoms with Crippen LogP contribution in [0.2, 0.25) is 0 Å². The molecule has 6 heteroatoms. The number of hydrogen-bond acceptors (Lipinski definition) is 5. The molecule has 122 valence electrons. The van der Waals surface area contributed by atoms with Gasteiger partial charge >= 0.3 is 5.97 Å². The summed E-state index contributed by atoms with van der Waals surface area (Å²) in [6, 6.07) is 7.52. The molecule has 0 aliphatic rings. The maximum absolute atomic E-state index is 12.2. The van der Waals surface area contributed by atoms with Crippen LogP contribution >= 0.6 is 0 Å². The number of rotatable bonds is 5. The first-order valence-corrected chi connectivity index (χ1v) is 7.41. The van der Waals surface area contributed by atoms with Crippen LogP contribution in [-0.4, -0.2) is 56.1 Å². The van der Waals surface area contributed by atoms with E-state index in [1.165, 1.54) is 11.1 Å². The Bertz CT molecular complexity index is 728. The lowest BCUT2D eigenvalue weighted by atomic mass is 10.1. The first-order chi connectivity index (χ1) is 11.0. The Hall–Kier alpha value is -2.63. The van der Waals surface area contributed by atoms with Crippen molar-refractivity contribution < 1.29 is 14.3 Å². The number of anilines is 1. The van der Waals surface area contributed by atoms with Gasteiger partial charge in [-0.25, -0.2) is 4.79 Å². The number of amides is 1. The molecular formula is C17H21N3O3. The number of nitrogens with zero attached hydrogens (tertiary/aromatic N) is 3. The number of para-hydroxylation sites is 1. The van der Waals surface area contributed by atoms with Crippen LogP contribution in [0.15, 0.2) is 30.5 Å². The van der Waals surface area contributed by atoms with Gasteiger partial charge in [-0.2, -0.15) is 0 Å². The van der Waals surface area contributed by atoms with Crippen molar-refractivity contribution in [3.05, 3.63) is 36.0 Å². The minimum absolute atomic E-state index is 0.0526. The summed E-state index contributed by atoms with van der Waals surface area (Å²) in [7, 11) is 5.19. The number of carbonyl (C=O) groups excluding carboxylic acids is 2. The number of hydrogen-bond donors (Lipinski definition) is 0. The molecule has 2 aromatic rings. The maximum atomic E-state index is 12.2. The SMILES string of the molecule is CCOC(=O)c1cnc2ccccc2c1N(C)CC(=O)N(C)C. The molecule has 0 aliphatic heterocycles. The smallest absolute Gasteiger partial charge is 0.341 e. The molecule has 0 saturated heterocycles. The Balaban J connectivity index is 2.54. The standard InChI is InChI=1S/C17H21N3O3/c1-5-23-17(22)13-10-18-14-9-7-6-8-12(14)16(13)20(4)11-15(21)19(2)3/h6-10H,5,11H2,1-4H3. The Labute approximate surface area is 135 Å². The van der Waals surface area contributed by atoms with E-state index in [4.69, 9.17) is 4.74 Å². The third kappa shape index (κ3) is 3.59. The summed E-state index contributed by atoms with van der Waals surface area (Å²) in [6.45, 7) is 2.20. The molecule has 1 heterocycles. The third-order valence-electron chi connectivity index (χ3n) is 3.50. The second kappa shape index (κ2) is 7.09. The number of benzene rings is 1. The van der Waals surface area contributed by atoms with E-state index >= 15 is 0 Å². The van der Waals surface area contributed by atoms with E-state index < -0.39 is 5.97 Å². The van der Waals surface area contributed by atoms with Crippen LogP contribution in [0.3, 0.4) is 0 Å². The van der Waals surface area contributed by atoms with E-state index in [1.54, 1.807) is 33.0 Å². The molecule has 0 fully saturated rings. The van der Waals surface area contributed by atoms with Crippen molar-refractivity contribution in [2.45, 2.75) is 6.92 Å². The van der Waals surface area contributed by atoms with Gasteiger partial charge in [0.1, 0.15) is 5.56 Å². The Kier molecular flexibility index (Phi) is 5.16. The molecule has 0 aliphatic carbocycles. The molecule has 0 saturated carbocycles. The summed E-state index contributed by atoms with van der Waals surface area (Å²) < 4.78 is 5.12. The Morgan fingerprint density at radius 1 is 1.17 bits per heavy atom. The third-order valence-corrected chi connectivity index (χ3v) is 3.50. The number of ether oxygens (including phenoxy) is 1. The quantitative estimate of drug-likeness (QED) is 0.789. The van der Waals surface area contributed by atoms with Gasteiger partial charge in [0.05, 0.1) is 24.4 Å². The predicted molar refractivity (Wildman–Crippen MR) is 89.7 cm³/mol.